The third-order valence-electron chi connectivity index (χ3n) is 2.47. The van der Waals surface area contributed by atoms with Gasteiger partial charge in [-0.1, -0.05) is 0 Å². The topological polar surface area (TPSA) is 38.3 Å². The van der Waals surface area contributed by atoms with Crippen molar-refractivity contribution in [2.45, 2.75) is 46.1 Å². The van der Waals surface area contributed by atoms with Crippen LogP contribution < -0.4 is 4.57 Å². The van der Waals surface area contributed by atoms with Crippen LogP contribution >= 0.6 is 0 Å². The van der Waals surface area contributed by atoms with E-state index in [2.05, 4.69) is 27.7 Å². The largest absolute Gasteiger partial charge is 0.358 e. The normalized spacial score (nSPS) is 13.9. The Bertz CT molecular complexity index is 293. The average Bonchev–Trinajstić information content (AvgIpc) is 2.60. The smallest absolute Gasteiger partial charge is 0.314 e. The molecule has 0 saturated carbocycles. The van der Waals surface area contributed by atoms with E-state index in [9.17, 15) is 5.11 Å². The van der Waals surface area contributed by atoms with Crippen molar-refractivity contribution in [3.63, 3.8) is 0 Å². The van der Waals surface area contributed by atoms with E-state index in [0.717, 1.165) is 5.82 Å². The third-order valence-corrected chi connectivity index (χ3v) is 2.47. The van der Waals surface area contributed by atoms with E-state index < -0.39 is 6.29 Å². The van der Waals surface area contributed by atoms with Crippen LogP contribution in [-0.2, 0) is 4.74 Å². The van der Waals surface area contributed by atoms with Gasteiger partial charge in [0, 0.05) is 7.11 Å². The van der Waals surface area contributed by atoms with Crippen molar-refractivity contribution in [1.29, 1.82) is 0 Å². The van der Waals surface area contributed by atoms with E-state index in [1.807, 2.05) is 21.5 Å². The standard InChI is InChI=1S/C11H21N2O2/c1-8(2)12-6-7-13(9(3)4)10(12)11(14)15-5/h6-9,11,14H,1-5H3/q+1. The minimum absolute atomic E-state index is 0.310. The second-order valence-corrected chi connectivity index (χ2v) is 4.25. The summed E-state index contributed by atoms with van der Waals surface area (Å²) in [6.07, 6.45) is 3.08. The number of hydrogen-bond donors (Lipinski definition) is 1. The van der Waals surface area contributed by atoms with E-state index in [-0.39, 0.29) is 0 Å². The lowest BCUT2D eigenvalue weighted by molar-refractivity contribution is -0.729. The van der Waals surface area contributed by atoms with E-state index in [0.29, 0.717) is 12.1 Å². The summed E-state index contributed by atoms with van der Waals surface area (Å²) < 4.78 is 9.03. The number of ether oxygens (including phenoxy) is 1. The van der Waals surface area contributed by atoms with Crippen molar-refractivity contribution in [2.24, 2.45) is 0 Å². The number of rotatable bonds is 4. The summed E-state index contributed by atoms with van der Waals surface area (Å²) in [6.45, 7) is 8.32. The highest BCUT2D eigenvalue weighted by Crippen LogP contribution is 2.16. The molecule has 0 aliphatic heterocycles. The summed E-state index contributed by atoms with van der Waals surface area (Å²) in [7, 11) is 1.51. The number of methoxy groups -OCH3 is 1. The Labute approximate surface area is 91.1 Å². The Balaban J connectivity index is 3.20. The molecule has 4 heteroatoms. The first-order valence-electron chi connectivity index (χ1n) is 5.31. The maximum Gasteiger partial charge on any atom is 0.314 e. The van der Waals surface area contributed by atoms with E-state index >= 15 is 0 Å². The van der Waals surface area contributed by atoms with Gasteiger partial charge in [-0.2, -0.15) is 0 Å². The molecule has 0 aliphatic rings. The highest BCUT2D eigenvalue weighted by Gasteiger charge is 2.28. The zero-order chi connectivity index (χ0) is 11.6. The Kier molecular flexibility index (Phi) is 3.88. The Morgan fingerprint density at radius 3 is 2.33 bits per heavy atom. The number of aliphatic hydroxyl groups is 1. The molecule has 1 heterocycles. The van der Waals surface area contributed by atoms with Crippen LogP contribution in [0.15, 0.2) is 12.4 Å². The first kappa shape index (κ1) is 12.2. The fourth-order valence-electron chi connectivity index (χ4n) is 1.66. The molecule has 1 aromatic heterocycles. The summed E-state index contributed by atoms with van der Waals surface area (Å²) in [6, 6.07) is 0.620. The van der Waals surface area contributed by atoms with Crippen LogP contribution in [0.3, 0.4) is 0 Å². The van der Waals surface area contributed by atoms with Crippen LogP contribution in [-0.4, -0.2) is 16.8 Å². The fraction of sp³-hybridized carbons (Fsp3) is 0.727. The quantitative estimate of drug-likeness (QED) is 0.609. The summed E-state index contributed by atoms with van der Waals surface area (Å²) in [5, 5.41) is 9.81. The van der Waals surface area contributed by atoms with Crippen LogP contribution in [0.1, 0.15) is 51.9 Å². The lowest BCUT2D eigenvalue weighted by atomic mass is 10.3. The van der Waals surface area contributed by atoms with Crippen LogP contribution in [0.4, 0.5) is 0 Å². The molecule has 4 nitrogen and oxygen atoms in total. The zero-order valence-electron chi connectivity index (χ0n) is 10.1. The summed E-state index contributed by atoms with van der Waals surface area (Å²) in [5.74, 6) is 0.794. The fourth-order valence-corrected chi connectivity index (χ4v) is 1.66. The predicted molar refractivity (Wildman–Crippen MR) is 57.4 cm³/mol. The van der Waals surface area contributed by atoms with Gasteiger partial charge in [-0.25, -0.2) is 9.13 Å². The summed E-state index contributed by atoms with van der Waals surface area (Å²) in [4.78, 5) is 0. The molecule has 0 aliphatic carbocycles. The molecule has 1 N–H and O–H groups in total. The van der Waals surface area contributed by atoms with Gasteiger partial charge in [0.15, 0.2) is 0 Å². The van der Waals surface area contributed by atoms with E-state index in [4.69, 9.17) is 4.74 Å². The van der Waals surface area contributed by atoms with Gasteiger partial charge >= 0.3 is 5.82 Å². The zero-order valence-corrected chi connectivity index (χ0v) is 10.1. The number of aliphatic hydroxyl groups excluding tert-OH is 1. The number of nitrogens with zero attached hydrogens (tertiary/aromatic N) is 2. The van der Waals surface area contributed by atoms with Gasteiger partial charge in [0.1, 0.15) is 12.4 Å². The van der Waals surface area contributed by atoms with Crippen LogP contribution in [0.5, 0.6) is 0 Å². The van der Waals surface area contributed by atoms with Crippen molar-refractivity contribution in [1.82, 2.24) is 4.57 Å². The van der Waals surface area contributed by atoms with Gasteiger partial charge in [-0.15, -0.1) is 0 Å². The molecular formula is C11H21N2O2+. The lowest BCUT2D eigenvalue weighted by Gasteiger charge is -2.12. The average molecular weight is 213 g/mol. The first-order chi connectivity index (χ1) is 6.99. The molecule has 0 spiro atoms. The predicted octanol–water partition coefficient (Wildman–Crippen LogP) is 1.57. The molecule has 0 saturated heterocycles. The lowest BCUT2D eigenvalue weighted by Crippen LogP contribution is -2.41. The SMILES string of the molecule is COC(O)c1n(C(C)C)cc[n+]1C(C)C. The highest BCUT2D eigenvalue weighted by molar-refractivity contribution is 4.88. The third kappa shape index (κ3) is 2.38. The molecule has 1 rings (SSSR count). The molecule has 1 unspecified atom stereocenters. The summed E-state index contributed by atoms with van der Waals surface area (Å²) in [5.41, 5.74) is 0. The van der Waals surface area contributed by atoms with E-state index in [1.165, 1.54) is 7.11 Å². The molecule has 0 aromatic carbocycles. The molecule has 1 atom stereocenters. The molecule has 0 fully saturated rings. The second-order valence-electron chi connectivity index (χ2n) is 4.25. The van der Waals surface area contributed by atoms with Crippen molar-refractivity contribution in [3.8, 4) is 0 Å². The monoisotopic (exact) mass is 213 g/mol. The molecule has 0 amide bonds. The minimum atomic E-state index is -0.871. The number of aromatic nitrogens is 2. The number of hydrogen-bond acceptors (Lipinski definition) is 2. The van der Waals surface area contributed by atoms with Crippen LogP contribution in [0.2, 0.25) is 0 Å². The number of imidazole rings is 1. The molecule has 1 aromatic rings. The molecule has 0 radical (unpaired) electrons. The maximum absolute atomic E-state index is 9.81. The van der Waals surface area contributed by atoms with Crippen LogP contribution in [0.25, 0.3) is 0 Å². The molecule has 0 bridgehead atoms. The van der Waals surface area contributed by atoms with Crippen LogP contribution in [0, 0.1) is 0 Å². The Hall–Kier alpha value is -0.870. The van der Waals surface area contributed by atoms with Gasteiger partial charge in [-0.3, -0.25) is 0 Å². The first-order valence-corrected chi connectivity index (χ1v) is 5.31. The molecule has 86 valence electrons. The van der Waals surface area contributed by atoms with E-state index in [1.54, 1.807) is 0 Å². The molecule has 15 heavy (non-hydrogen) atoms. The van der Waals surface area contributed by atoms with Crippen molar-refractivity contribution < 1.29 is 14.4 Å². The van der Waals surface area contributed by atoms with Crippen molar-refractivity contribution >= 4 is 0 Å². The second kappa shape index (κ2) is 4.77. The minimum Gasteiger partial charge on any atom is -0.358 e. The highest BCUT2D eigenvalue weighted by atomic mass is 16.6. The van der Waals surface area contributed by atoms with Gasteiger partial charge < -0.3 is 9.84 Å². The summed E-state index contributed by atoms with van der Waals surface area (Å²) >= 11 is 0. The Morgan fingerprint density at radius 2 is 1.93 bits per heavy atom. The van der Waals surface area contributed by atoms with Gasteiger partial charge in [0.05, 0.1) is 12.1 Å². The van der Waals surface area contributed by atoms with Crippen molar-refractivity contribution in [3.05, 3.63) is 18.2 Å². The van der Waals surface area contributed by atoms with Gasteiger partial charge in [0.25, 0.3) is 6.29 Å². The maximum atomic E-state index is 9.81. The van der Waals surface area contributed by atoms with Crippen molar-refractivity contribution in [2.75, 3.05) is 7.11 Å². The van der Waals surface area contributed by atoms with Gasteiger partial charge in [0.2, 0.25) is 0 Å². The Morgan fingerprint density at radius 1 is 1.33 bits per heavy atom. The molecular weight excluding hydrogens is 192 g/mol. The van der Waals surface area contributed by atoms with Gasteiger partial charge in [-0.05, 0) is 27.7 Å².